The van der Waals surface area contributed by atoms with Gasteiger partial charge in [-0.05, 0) is 75.7 Å². The number of hydrogen-bond acceptors (Lipinski definition) is 6. The van der Waals surface area contributed by atoms with Gasteiger partial charge in [0.2, 0.25) is 0 Å². The summed E-state index contributed by atoms with van der Waals surface area (Å²) < 4.78 is 31.2. The van der Waals surface area contributed by atoms with Crippen molar-refractivity contribution in [3.63, 3.8) is 0 Å². The van der Waals surface area contributed by atoms with E-state index in [0.717, 1.165) is 39.8 Å². The van der Waals surface area contributed by atoms with Crippen LogP contribution in [0.2, 0.25) is 5.02 Å². The predicted octanol–water partition coefficient (Wildman–Crippen LogP) is 6.52. The normalized spacial score (nSPS) is 11.6. The summed E-state index contributed by atoms with van der Waals surface area (Å²) in [6, 6.07) is 18.2. The number of aromatic nitrogens is 1. The number of halogens is 1. The van der Waals surface area contributed by atoms with E-state index >= 15 is 0 Å². The first-order valence-corrected chi connectivity index (χ1v) is 13.4. The van der Waals surface area contributed by atoms with E-state index < -0.39 is 14.9 Å². The lowest BCUT2D eigenvalue weighted by Gasteiger charge is -2.14. The van der Waals surface area contributed by atoms with E-state index in [2.05, 4.69) is 15.2 Å². The SMILES string of the molecule is Cc1ccc(NS(=O)(=O)c2cc([N+](=O)[O-])ccc2N/N=C/c2cc(C)n(-c3ccc(Cl)cc3)c2C)c(C)c1. The molecule has 4 aromatic rings. The van der Waals surface area contributed by atoms with Crippen LogP contribution >= 0.6 is 11.6 Å². The molecule has 0 bridgehead atoms. The molecule has 0 spiro atoms. The molecule has 0 atom stereocenters. The first kappa shape index (κ1) is 26.9. The summed E-state index contributed by atoms with van der Waals surface area (Å²) >= 11 is 6.02. The quantitative estimate of drug-likeness (QED) is 0.147. The maximum atomic E-state index is 13.3. The summed E-state index contributed by atoms with van der Waals surface area (Å²) in [6.07, 6.45) is 1.57. The van der Waals surface area contributed by atoms with E-state index in [1.807, 2.05) is 61.7 Å². The number of hydrogen-bond donors (Lipinski definition) is 2. The van der Waals surface area contributed by atoms with Crippen molar-refractivity contribution in [2.45, 2.75) is 32.6 Å². The molecule has 1 aromatic heterocycles. The molecule has 9 nitrogen and oxygen atoms in total. The van der Waals surface area contributed by atoms with Crippen molar-refractivity contribution in [1.29, 1.82) is 0 Å². The Hall–Kier alpha value is -4.15. The molecule has 0 saturated heterocycles. The fourth-order valence-corrected chi connectivity index (χ4v) is 5.58. The van der Waals surface area contributed by atoms with Gasteiger partial charge in [0, 0.05) is 39.8 Å². The fraction of sp³-hybridized carbons (Fsp3) is 0.148. The molecule has 11 heteroatoms. The summed E-state index contributed by atoms with van der Waals surface area (Å²) in [7, 11) is -4.19. The van der Waals surface area contributed by atoms with Crippen molar-refractivity contribution in [2.24, 2.45) is 5.10 Å². The Labute approximate surface area is 226 Å². The lowest BCUT2D eigenvalue weighted by Crippen LogP contribution is -2.16. The van der Waals surface area contributed by atoms with E-state index in [0.29, 0.717) is 10.7 Å². The lowest BCUT2D eigenvalue weighted by atomic mass is 10.1. The van der Waals surface area contributed by atoms with Crippen LogP contribution in [0.5, 0.6) is 0 Å². The Bertz CT molecular complexity index is 1660. The Kier molecular flexibility index (Phi) is 7.56. The first-order valence-electron chi connectivity index (χ1n) is 11.6. The summed E-state index contributed by atoms with van der Waals surface area (Å²) in [5.41, 5.74) is 8.22. The number of nitro groups is 1. The van der Waals surface area contributed by atoms with Gasteiger partial charge >= 0.3 is 0 Å². The van der Waals surface area contributed by atoms with Gasteiger partial charge < -0.3 is 4.57 Å². The number of hydrazone groups is 1. The third-order valence-electron chi connectivity index (χ3n) is 6.04. The summed E-state index contributed by atoms with van der Waals surface area (Å²) in [4.78, 5) is 10.4. The topological polar surface area (TPSA) is 119 Å². The second kappa shape index (κ2) is 10.7. The molecule has 0 saturated carbocycles. The second-order valence-electron chi connectivity index (χ2n) is 8.87. The molecule has 0 aliphatic heterocycles. The van der Waals surface area contributed by atoms with Crippen LogP contribution in [0.25, 0.3) is 5.69 Å². The molecular weight excluding hydrogens is 526 g/mol. The van der Waals surface area contributed by atoms with Gasteiger partial charge in [-0.1, -0.05) is 29.3 Å². The molecule has 1 heterocycles. The maximum Gasteiger partial charge on any atom is 0.270 e. The van der Waals surface area contributed by atoms with Crippen molar-refractivity contribution in [2.75, 3.05) is 10.1 Å². The van der Waals surface area contributed by atoms with Crippen LogP contribution in [-0.4, -0.2) is 24.1 Å². The van der Waals surface area contributed by atoms with Gasteiger partial charge in [0.15, 0.2) is 0 Å². The standard InChI is InChI=1S/C27H26ClN5O4S/c1-17-5-11-25(18(2)13-17)31-38(36,37)27-15-24(33(34)35)10-12-26(27)30-29-16-21-14-19(3)32(20(21)4)23-8-6-22(28)7-9-23/h5-16,30-31H,1-4H3/b29-16+. The van der Waals surface area contributed by atoms with Crippen molar-refractivity contribution < 1.29 is 13.3 Å². The number of nitrogens with one attached hydrogen (secondary N) is 2. The Morgan fingerprint density at radius 3 is 2.29 bits per heavy atom. The number of rotatable bonds is 8. The molecular formula is C27H26ClN5O4S. The van der Waals surface area contributed by atoms with Crippen LogP contribution in [-0.2, 0) is 10.0 Å². The Balaban J connectivity index is 1.65. The summed E-state index contributed by atoms with van der Waals surface area (Å²) in [6.45, 7) is 7.59. The zero-order valence-corrected chi connectivity index (χ0v) is 22.8. The largest absolute Gasteiger partial charge is 0.318 e. The molecule has 3 aromatic carbocycles. The minimum absolute atomic E-state index is 0.0932. The second-order valence-corrected chi connectivity index (χ2v) is 11.0. The van der Waals surface area contributed by atoms with Crippen molar-refractivity contribution in [3.05, 3.63) is 110 Å². The van der Waals surface area contributed by atoms with Gasteiger partial charge in [0.05, 0.1) is 22.5 Å². The lowest BCUT2D eigenvalue weighted by molar-refractivity contribution is -0.385. The number of nitro benzene ring substituents is 1. The predicted molar refractivity (Wildman–Crippen MR) is 151 cm³/mol. The van der Waals surface area contributed by atoms with Crippen molar-refractivity contribution >= 4 is 44.9 Å². The number of anilines is 2. The van der Waals surface area contributed by atoms with Crippen LogP contribution < -0.4 is 10.1 Å². The molecule has 0 aliphatic rings. The van der Waals surface area contributed by atoms with Crippen LogP contribution in [0.4, 0.5) is 17.1 Å². The highest BCUT2D eigenvalue weighted by Crippen LogP contribution is 2.29. The van der Waals surface area contributed by atoms with E-state index in [9.17, 15) is 18.5 Å². The third-order valence-corrected chi connectivity index (χ3v) is 7.69. The highest BCUT2D eigenvalue weighted by atomic mass is 35.5. The molecule has 196 valence electrons. The van der Waals surface area contributed by atoms with E-state index in [-0.39, 0.29) is 16.3 Å². The summed E-state index contributed by atoms with van der Waals surface area (Å²) in [5.74, 6) is 0. The molecule has 0 aliphatic carbocycles. The smallest absolute Gasteiger partial charge is 0.270 e. The monoisotopic (exact) mass is 551 g/mol. The fourth-order valence-electron chi connectivity index (χ4n) is 4.14. The highest BCUT2D eigenvalue weighted by Gasteiger charge is 2.23. The number of non-ortho nitro benzene ring substituents is 1. The molecule has 4 rings (SSSR count). The van der Waals surface area contributed by atoms with Crippen LogP contribution in [0.15, 0.2) is 76.7 Å². The van der Waals surface area contributed by atoms with Gasteiger partial charge in [-0.15, -0.1) is 0 Å². The zero-order valence-electron chi connectivity index (χ0n) is 21.2. The van der Waals surface area contributed by atoms with Crippen LogP contribution in [0.1, 0.15) is 28.1 Å². The Morgan fingerprint density at radius 1 is 0.947 bits per heavy atom. The van der Waals surface area contributed by atoms with Gasteiger partial charge in [-0.25, -0.2) is 8.42 Å². The highest BCUT2D eigenvalue weighted by molar-refractivity contribution is 7.92. The Morgan fingerprint density at radius 2 is 1.63 bits per heavy atom. The molecule has 0 fully saturated rings. The maximum absolute atomic E-state index is 13.3. The van der Waals surface area contributed by atoms with E-state index in [1.165, 1.54) is 12.1 Å². The van der Waals surface area contributed by atoms with Gasteiger partial charge in [0.25, 0.3) is 15.7 Å². The van der Waals surface area contributed by atoms with E-state index in [1.54, 1.807) is 25.3 Å². The van der Waals surface area contributed by atoms with Gasteiger partial charge in [-0.3, -0.25) is 20.3 Å². The molecule has 0 amide bonds. The third kappa shape index (κ3) is 5.71. The number of aryl methyl sites for hydroxylation is 3. The molecule has 2 N–H and O–H groups in total. The van der Waals surface area contributed by atoms with Gasteiger partial charge in [0.1, 0.15) is 4.90 Å². The van der Waals surface area contributed by atoms with Crippen LogP contribution in [0.3, 0.4) is 0 Å². The van der Waals surface area contributed by atoms with Gasteiger partial charge in [-0.2, -0.15) is 5.10 Å². The van der Waals surface area contributed by atoms with Crippen molar-refractivity contribution in [3.8, 4) is 5.69 Å². The van der Waals surface area contributed by atoms with Crippen LogP contribution in [0, 0.1) is 37.8 Å². The molecule has 38 heavy (non-hydrogen) atoms. The van der Waals surface area contributed by atoms with E-state index in [4.69, 9.17) is 11.6 Å². The molecule has 0 radical (unpaired) electrons. The average Bonchev–Trinajstić information content (AvgIpc) is 3.14. The minimum atomic E-state index is -4.19. The number of benzene rings is 3. The minimum Gasteiger partial charge on any atom is -0.318 e. The number of sulfonamides is 1. The zero-order chi connectivity index (χ0) is 27.6. The summed E-state index contributed by atoms with van der Waals surface area (Å²) in [5, 5.41) is 16.3. The number of nitrogens with zero attached hydrogens (tertiary/aromatic N) is 3. The molecule has 0 unspecified atom stereocenters. The first-order chi connectivity index (χ1) is 18.0. The average molecular weight is 552 g/mol. The van der Waals surface area contributed by atoms with Crippen molar-refractivity contribution in [1.82, 2.24) is 4.57 Å².